The number of rotatable bonds is 6. The quantitative estimate of drug-likeness (QED) is 0.769. The minimum Gasteiger partial charge on any atom is -0.375 e. The highest BCUT2D eigenvalue weighted by Gasteiger charge is 2.36. The van der Waals surface area contributed by atoms with Gasteiger partial charge in [0.05, 0.1) is 12.7 Å². The van der Waals surface area contributed by atoms with E-state index in [0.29, 0.717) is 18.2 Å². The second kappa shape index (κ2) is 6.72. The summed E-state index contributed by atoms with van der Waals surface area (Å²) in [7, 11) is 0. The largest absolute Gasteiger partial charge is 0.375 e. The molecule has 1 N–H and O–H groups in total. The Balaban J connectivity index is 1.83. The van der Waals surface area contributed by atoms with Crippen molar-refractivity contribution in [3.8, 4) is 0 Å². The topological polar surface area (TPSA) is 24.5 Å². The van der Waals surface area contributed by atoms with Crippen molar-refractivity contribution >= 4 is 0 Å². The molecule has 0 aromatic carbocycles. The van der Waals surface area contributed by atoms with Crippen molar-refractivity contribution in [1.82, 2.24) is 10.2 Å². The van der Waals surface area contributed by atoms with E-state index in [9.17, 15) is 0 Å². The average Bonchev–Trinajstić information content (AvgIpc) is 2.83. The molecule has 0 spiro atoms. The van der Waals surface area contributed by atoms with E-state index in [0.717, 1.165) is 19.7 Å². The van der Waals surface area contributed by atoms with Gasteiger partial charge in [-0.3, -0.25) is 4.90 Å². The Morgan fingerprint density at radius 1 is 1.35 bits per heavy atom. The Bertz CT molecular complexity index is 222. The molecule has 17 heavy (non-hydrogen) atoms. The molecule has 1 heterocycles. The van der Waals surface area contributed by atoms with Gasteiger partial charge in [0.15, 0.2) is 0 Å². The first kappa shape index (κ1) is 13.3. The van der Waals surface area contributed by atoms with Crippen LogP contribution in [0.2, 0.25) is 0 Å². The molecule has 1 saturated heterocycles. The maximum absolute atomic E-state index is 5.87. The van der Waals surface area contributed by atoms with Crippen LogP contribution in [0.4, 0.5) is 0 Å². The van der Waals surface area contributed by atoms with Crippen LogP contribution >= 0.6 is 0 Å². The minimum absolute atomic E-state index is 0.535. The van der Waals surface area contributed by atoms with Gasteiger partial charge < -0.3 is 10.1 Å². The van der Waals surface area contributed by atoms with Gasteiger partial charge in [-0.05, 0) is 38.6 Å². The summed E-state index contributed by atoms with van der Waals surface area (Å²) in [6, 6.07) is 1.37. The Morgan fingerprint density at radius 3 is 3.00 bits per heavy atom. The predicted molar refractivity (Wildman–Crippen MR) is 71.3 cm³/mol. The molecule has 3 nitrogen and oxygen atoms in total. The van der Waals surface area contributed by atoms with Crippen molar-refractivity contribution in [1.29, 1.82) is 0 Å². The molecule has 1 saturated carbocycles. The number of hydrogen-bond acceptors (Lipinski definition) is 3. The average molecular weight is 240 g/mol. The molecular formula is C14H28N2O. The molecular weight excluding hydrogens is 212 g/mol. The van der Waals surface area contributed by atoms with Crippen LogP contribution in [-0.2, 0) is 4.74 Å². The number of ether oxygens (including phenoxy) is 1. The summed E-state index contributed by atoms with van der Waals surface area (Å²) in [5, 5.41) is 3.66. The number of nitrogens with one attached hydrogen (secondary N) is 1. The van der Waals surface area contributed by atoms with Crippen LogP contribution in [0.25, 0.3) is 0 Å². The molecule has 3 unspecified atom stereocenters. The van der Waals surface area contributed by atoms with Gasteiger partial charge in [0.25, 0.3) is 0 Å². The van der Waals surface area contributed by atoms with Crippen LogP contribution in [0.5, 0.6) is 0 Å². The van der Waals surface area contributed by atoms with Gasteiger partial charge in [0.2, 0.25) is 0 Å². The SMILES string of the molecule is CCCNC(CC)CN1CCOC2CCCC21. The van der Waals surface area contributed by atoms with Crippen molar-refractivity contribution in [2.75, 3.05) is 26.2 Å². The summed E-state index contributed by atoms with van der Waals surface area (Å²) < 4.78 is 5.87. The Morgan fingerprint density at radius 2 is 2.24 bits per heavy atom. The normalized spacial score (nSPS) is 31.4. The Kier molecular flexibility index (Phi) is 5.26. The van der Waals surface area contributed by atoms with Gasteiger partial charge in [0.1, 0.15) is 0 Å². The molecule has 2 aliphatic rings. The highest BCUT2D eigenvalue weighted by molar-refractivity contribution is 4.90. The van der Waals surface area contributed by atoms with Crippen LogP contribution in [0.3, 0.4) is 0 Å². The van der Waals surface area contributed by atoms with Gasteiger partial charge in [-0.15, -0.1) is 0 Å². The molecule has 3 atom stereocenters. The van der Waals surface area contributed by atoms with Crippen molar-refractivity contribution < 1.29 is 4.74 Å². The van der Waals surface area contributed by atoms with Crippen molar-refractivity contribution in [2.24, 2.45) is 0 Å². The summed E-state index contributed by atoms with van der Waals surface area (Å²) in [4.78, 5) is 2.68. The first-order valence-electron chi connectivity index (χ1n) is 7.44. The van der Waals surface area contributed by atoms with E-state index in [1.807, 2.05) is 0 Å². The number of nitrogens with zero attached hydrogens (tertiary/aromatic N) is 1. The molecule has 0 aromatic heterocycles. The monoisotopic (exact) mass is 240 g/mol. The molecule has 0 radical (unpaired) electrons. The summed E-state index contributed by atoms with van der Waals surface area (Å²) in [6.07, 6.45) is 6.97. The standard InChI is InChI=1S/C14H28N2O/c1-3-8-15-12(4-2)11-16-9-10-17-14-7-5-6-13(14)16/h12-15H,3-11H2,1-2H3. The third kappa shape index (κ3) is 3.43. The molecule has 1 aliphatic heterocycles. The molecule has 100 valence electrons. The molecule has 0 bridgehead atoms. The van der Waals surface area contributed by atoms with Crippen molar-refractivity contribution in [3.05, 3.63) is 0 Å². The third-order valence-electron chi connectivity index (χ3n) is 4.23. The summed E-state index contributed by atoms with van der Waals surface area (Å²) in [5.41, 5.74) is 0. The highest BCUT2D eigenvalue weighted by atomic mass is 16.5. The Labute approximate surface area is 106 Å². The fraction of sp³-hybridized carbons (Fsp3) is 1.00. The van der Waals surface area contributed by atoms with Crippen LogP contribution in [0.15, 0.2) is 0 Å². The maximum Gasteiger partial charge on any atom is 0.0730 e. The van der Waals surface area contributed by atoms with E-state index in [1.54, 1.807) is 0 Å². The Hall–Kier alpha value is -0.120. The lowest BCUT2D eigenvalue weighted by atomic mass is 10.1. The molecule has 2 fully saturated rings. The first-order chi connectivity index (χ1) is 8.35. The second-order valence-corrected chi connectivity index (χ2v) is 5.46. The van der Waals surface area contributed by atoms with Crippen molar-refractivity contribution in [3.63, 3.8) is 0 Å². The fourth-order valence-corrected chi connectivity index (χ4v) is 3.20. The second-order valence-electron chi connectivity index (χ2n) is 5.46. The van der Waals surface area contributed by atoms with E-state index in [4.69, 9.17) is 4.74 Å². The summed E-state index contributed by atoms with van der Waals surface area (Å²) >= 11 is 0. The molecule has 1 aliphatic carbocycles. The van der Waals surface area contributed by atoms with E-state index in [-0.39, 0.29) is 0 Å². The zero-order valence-electron chi connectivity index (χ0n) is 11.5. The van der Waals surface area contributed by atoms with Gasteiger partial charge in [0, 0.05) is 25.2 Å². The van der Waals surface area contributed by atoms with Crippen LogP contribution in [0.1, 0.15) is 46.0 Å². The molecule has 0 amide bonds. The van der Waals surface area contributed by atoms with Crippen LogP contribution in [0, 0.1) is 0 Å². The fourth-order valence-electron chi connectivity index (χ4n) is 3.20. The van der Waals surface area contributed by atoms with E-state index < -0.39 is 0 Å². The van der Waals surface area contributed by atoms with Crippen LogP contribution in [-0.4, -0.2) is 49.3 Å². The number of hydrogen-bond donors (Lipinski definition) is 1. The van der Waals surface area contributed by atoms with Gasteiger partial charge in [-0.1, -0.05) is 13.8 Å². The summed E-state index contributed by atoms with van der Waals surface area (Å²) in [6.45, 7) is 8.95. The van der Waals surface area contributed by atoms with Gasteiger partial charge in [-0.25, -0.2) is 0 Å². The predicted octanol–water partition coefficient (Wildman–Crippen LogP) is 2.02. The van der Waals surface area contributed by atoms with E-state index in [2.05, 4.69) is 24.1 Å². The lowest BCUT2D eigenvalue weighted by Crippen LogP contribution is -2.53. The maximum atomic E-state index is 5.87. The number of fused-ring (bicyclic) bond motifs is 1. The van der Waals surface area contributed by atoms with Crippen LogP contribution < -0.4 is 5.32 Å². The highest BCUT2D eigenvalue weighted by Crippen LogP contribution is 2.29. The lowest BCUT2D eigenvalue weighted by Gasteiger charge is -2.39. The minimum atomic E-state index is 0.535. The van der Waals surface area contributed by atoms with Gasteiger partial charge in [-0.2, -0.15) is 0 Å². The molecule has 3 heteroatoms. The smallest absolute Gasteiger partial charge is 0.0730 e. The zero-order valence-corrected chi connectivity index (χ0v) is 11.5. The van der Waals surface area contributed by atoms with E-state index in [1.165, 1.54) is 38.6 Å². The number of morpholine rings is 1. The zero-order chi connectivity index (χ0) is 12.1. The first-order valence-corrected chi connectivity index (χ1v) is 7.44. The van der Waals surface area contributed by atoms with E-state index >= 15 is 0 Å². The van der Waals surface area contributed by atoms with Gasteiger partial charge >= 0.3 is 0 Å². The lowest BCUT2D eigenvalue weighted by molar-refractivity contribution is -0.0582. The molecule has 0 aromatic rings. The summed E-state index contributed by atoms with van der Waals surface area (Å²) in [5.74, 6) is 0. The third-order valence-corrected chi connectivity index (χ3v) is 4.23. The molecule has 2 rings (SSSR count). The van der Waals surface area contributed by atoms with Crippen molar-refractivity contribution in [2.45, 2.75) is 64.1 Å².